The summed E-state index contributed by atoms with van der Waals surface area (Å²) in [4.78, 5) is 26.7. The minimum atomic E-state index is -0.227. The van der Waals surface area contributed by atoms with Crippen molar-refractivity contribution in [3.05, 3.63) is 59.2 Å². The summed E-state index contributed by atoms with van der Waals surface area (Å²) in [5, 5.41) is 3.17. The molecule has 1 aliphatic rings. The van der Waals surface area contributed by atoms with Gasteiger partial charge in [0, 0.05) is 31.2 Å². The summed E-state index contributed by atoms with van der Waals surface area (Å²) in [6.07, 6.45) is 2.41. The van der Waals surface area contributed by atoms with Gasteiger partial charge in [0.15, 0.2) is 11.5 Å². The Bertz CT molecular complexity index is 952. The van der Waals surface area contributed by atoms with Crippen LogP contribution in [0.3, 0.4) is 0 Å². The Morgan fingerprint density at radius 1 is 1.03 bits per heavy atom. The van der Waals surface area contributed by atoms with Crippen LogP contribution in [0.4, 0.5) is 0 Å². The fraction of sp³-hybridized carbons (Fsp3) is 0.481. The Balaban J connectivity index is 1.47. The number of nitrogens with zero attached hydrogens (tertiary/aromatic N) is 1. The molecule has 2 aromatic carbocycles. The van der Waals surface area contributed by atoms with Crippen LogP contribution < -0.4 is 14.8 Å². The maximum atomic E-state index is 12.7. The normalized spacial score (nSPS) is 15.4. The van der Waals surface area contributed by atoms with Crippen LogP contribution >= 0.6 is 0 Å². The molecule has 7 nitrogen and oxygen atoms in total. The zero-order valence-corrected chi connectivity index (χ0v) is 20.6. The van der Waals surface area contributed by atoms with Crippen molar-refractivity contribution in [3.63, 3.8) is 0 Å². The molecule has 184 valence electrons. The molecule has 0 bridgehead atoms. The number of carbonyl (C=O) groups excluding carboxylic acids is 2. The number of hydrogen-bond acceptors (Lipinski definition) is 6. The van der Waals surface area contributed by atoms with Crippen LogP contribution in [0.15, 0.2) is 42.5 Å². The molecule has 1 fully saturated rings. The minimum Gasteiger partial charge on any atom is -0.493 e. The number of hydrogen-bond donors (Lipinski definition) is 1. The molecule has 0 spiro atoms. The monoisotopic (exact) mass is 468 g/mol. The molecule has 34 heavy (non-hydrogen) atoms. The molecule has 1 saturated heterocycles. The topological polar surface area (TPSA) is 77.1 Å². The first-order chi connectivity index (χ1) is 16.4. The van der Waals surface area contributed by atoms with Crippen molar-refractivity contribution in [2.75, 3.05) is 33.9 Å². The SMILES string of the molecule is CCOc1cc(CN2CCC(NC(=O)c3ccc(CC(C)C(=O)OC)cc3)CC2)ccc1OC. The summed E-state index contributed by atoms with van der Waals surface area (Å²) in [5.74, 6) is 1.03. The predicted octanol–water partition coefficient (Wildman–Crippen LogP) is 3.84. The Morgan fingerprint density at radius 3 is 2.32 bits per heavy atom. The summed E-state index contributed by atoms with van der Waals surface area (Å²) in [6.45, 7) is 7.09. The van der Waals surface area contributed by atoms with Crippen molar-refractivity contribution >= 4 is 11.9 Å². The quantitative estimate of drug-likeness (QED) is 0.534. The van der Waals surface area contributed by atoms with Crippen molar-refractivity contribution < 1.29 is 23.8 Å². The van der Waals surface area contributed by atoms with E-state index in [0.29, 0.717) is 18.6 Å². The molecule has 0 radical (unpaired) electrons. The van der Waals surface area contributed by atoms with Gasteiger partial charge in [-0.25, -0.2) is 0 Å². The maximum Gasteiger partial charge on any atom is 0.308 e. The van der Waals surface area contributed by atoms with E-state index in [2.05, 4.69) is 16.3 Å². The summed E-state index contributed by atoms with van der Waals surface area (Å²) >= 11 is 0. The highest BCUT2D eigenvalue weighted by Crippen LogP contribution is 2.29. The number of benzene rings is 2. The molecule has 1 aliphatic heterocycles. The van der Waals surface area contributed by atoms with Crippen molar-refractivity contribution in [1.29, 1.82) is 0 Å². The molecule has 1 atom stereocenters. The van der Waals surface area contributed by atoms with Gasteiger partial charge in [-0.3, -0.25) is 14.5 Å². The van der Waals surface area contributed by atoms with Crippen LogP contribution in [0.2, 0.25) is 0 Å². The summed E-state index contributed by atoms with van der Waals surface area (Å²) in [7, 11) is 3.05. The van der Waals surface area contributed by atoms with Gasteiger partial charge in [0.2, 0.25) is 0 Å². The van der Waals surface area contributed by atoms with E-state index in [0.717, 1.165) is 49.5 Å². The molecular formula is C27H36N2O5. The third kappa shape index (κ3) is 6.97. The number of likely N-dealkylation sites (tertiary alicyclic amines) is 1. The Labute approximate surface area is 202 Å². The molecule has 1 unspecified atom stereocenters. The zero-order chi connectivity index (χ0) is 24.5. The number of piperidine rings is 1. The van der Waals surface area contributed by atoms with Gasteiger partial charge in [-0.1, -0.05) is 25.1 Å². The first kappa shape index (κ1) is 25.6. The third-order valence-electron chi connectivity index (χ3n) is 6.22. The molecular weight excluding hydrogens is 432 g/mol. The highest BCUT2D eigenvalue weighted by atomic mass is 16.5. The number of methoxy groups -OCH3 is 2. The van der Waals surface area contributed by atoms with E-state index in [4.69, 9.17) is 14.2 Å². The fourth-order valence-corrected chi connectivity index (χ4v) is 4.28. The summed E-state index contributed by atoms with van der Waals surface area (Å²) in [5.41, 5.74) is 2.83. The standard InChI is InChI=1S/C27H36N2O5/c1-5-34-25-17-21(8-11-24(25)32-3)18-29-14-12-23(13-15-29)28-26(30)22-9-6-20(7-10-22)16-19(2)27(31)33-4/h6-11,17,19,23H,5,12-16,18H2,1-4H3,(H,28,30). The van der Waals surface area contributed by atoms with E-state index in [1.807, 2.05) is 50.2 Å². The minimum absolute atomic E-state index is 0.0532. The fourth-order valence-electron chi connectivity index (χ4n) is 4.28. The molecule has 1 heterocycles. The van der Waals surface area contributed by atoms with Crippen LogP contribution in [-0.2, 0) is 22.5 Å². The summed E-state index contributed by atoms with van der Waals surface area (Å²) < 4.78 is 15.8. The lowest BCUT2D eigenvalue weighted by Crippen LogP contribution is -2.44. The van der Waals surface area contributed by atoms with Gasteiger partial charge in [-0.05, 0) is 61.6 Å². The first-order valence-electron chi connectivity index (χ1n) is 11.9. The van der Waals surface area contributed by atoms with Gasteiger partial charge in [-0.2, -0.15) is 0 Å². The van der Waals surface area contributed by atoms with E-state index in [1.54, 1.807) is 7.11 Å². The van der Waals surface area contributed by atoms with Gasteiger partial charge in [0.05, 0.1) is 26.7 Å². The smallest absolute Gasteiger partial charge is 0.308 e. The van der Waals surface area contributed by atoms with Crippen molar-refractivity contribution in [1.82, 2.24) is 10.2 Å². The van der Waals surface area contributed by atoms with Crippen LogP contribution in [0, 0.1) is 5.92 Å². The van der Waals surface area contributed by atoms with E-state index < -0.39 is 0 Å². The lowest BCUT2D eigenvalue weighted by atomic mass is 9.99. The van der Waals surface area contributed by atoms with Crippen LogP contribution in [0.1, 0.15) is 48.2 Å². The highest BCUT2D eigenvalue weighted by Gasteiger charge is 2.22. The van der Waals surface area contributed by atoms with Gasteiger partial charge < -0.3 is 19.5 Å². The van der Waals surface area contributed by atoms with Gasteiger partial charge in [0.1, 0.15) is 0 Å². The zero-order valence-electron chi connectivity index (χ0n) is 20.6. The maximum absolute atomic E-state index is 12.7. The van der Waals surface area contributed by atoms with E-state index in [1.165, 1.54) is 12.7 Å². The third-order valence-corrected chi connectivity index (χ3v) is 6.22. The molecule has 7 heteroatoms. The first-order valence-corrected chi connectivity index (χ1v) is 11.9. The van der Waals surface area contributed by atoms with E-state index in [9.17, 15) is 9.59 Å². The second-order valence-corrected chi connectivity index (χ2v) is 8.77. The van der Waals surface area contributed by atoms with E-state index in [-0.39, 0.29) is 23.8 Å². The van der Waals surface area contributed by atoms with Crippen molar-refractivity contribution in [2.45, 2.75) is 45.7 Å². The Morgan fingerprint density at radius 2 is 1.71 bits per heavy atom. The van der Waals surface area contributed by atoms with Crippen LogP contribution in [0.5, 0.6) is 11.5 Å². The second-order valence-electron chi connectivity index (χ2n) is 8.77. The van der Waals surface area contributed by atoms with Crippen molar-refractivity contribution in [3.8, 4) is 11.5 Å². The number of amides is 1. The number of rotatable bonds is 10. The average Bonchev–Trinajstić information content (AvgIpc) is 2.85. The predicted molar refractivity (Wildman–Crippen MR) is 131 cm³/mol. The van der Waals surface area contributed by atoms with Gasteiger partial charge >= 0.3 is 5.97 Å². The van der Waals surface area contributed by atoms with Gasteiger partial charge in [-0.15, -0.1) is 0 Å². The second kappa shape index (κ2) is 12.4. The number of nitrogens with one attached hydrogen (secondary N) is 1. The Kier molecular flexibility index (Phi) is 9.33. The molecule has 0 saturated carbocycles. The lowest BCUT2D eigenvalue weighted by molar-refractivity contribution is -0.144. The average molecular weight is 469 g/mol. The summed E-state index contributed by atoms with van der Waals surface area (Å²) in [6, 6.07) is 13.7. The molecule has 3 rings (SSSR count). The van der Waals surface area contributed by atoms with Crippen LogP contribution in [-0.4, -0.2) is 56.7 Å². The molecule has 2 aromatic rings. The number of carbonyl (C=O) groups is 2. The van der Waals surface area contributed by atoms with Crippen molar-refractivity contribution in [2.24, 2.45) is 5.92 Å². The number of esters is 1. The Hall–Kier alpha value is -3.06. The van der Waals surface area contributed by atoms with E-state index >= 15 is 0 Å². The lowest BCUT2D eigenvalue weighted by Gasteiger charge is -2.32. The highest BCUT2D eigenvalue weighted by molar-refractivity contribution is 5.94. The van der Waals surface area contributed by atoms with Gasteiger partial charge in [0.25, 0.3) is 5.91 Å². The molecule has 0 aromatic heterocycles. The van der Waals surface area contributed by atoms with Crippen LogP contribution in [0.25, 0.3) is 0 Å². The molecule has 1 amide bonds. The molecule has 1 N–H and O–H groups in total. The molecule has 0 aliphatic carbocycles. The largest absolute Gasteiger partial charge is 0.493 e. The number of ether oxygens (including phenoxy) is 3.